The largest absolute Gasteiger partial charge is 0.505 e. The summed E-state index contributed by atoms with van der Waals surface area (Å²) in [6, 6.07) is -0.741. The summed E-state index contributed by atoms with van der Waals surface area (Å²) in [7, 11) is 0. The summed E-state index contributed by atoms with van der Waals surface area (Å²) < 4.78 is 58.5. The lowest BCUT2D eigenvalue weighted by Gasteiger charge is -2.36. The Balaban J connectivity index is 1.73. The average Bonchev–Trinajstić information content (AvgIpc) is 2.93. The highest BCUT2D eigenvalue weighted by molar-refractivity contribution is 5.98. The van der Waals surface area contributed by atoms with E-state index in [9.17, 15) is 42.6 Å². The first kappa shape index (κ1) is 31.6. The summed E-state index contributed by atoms with van der Waals surface area (Å²) in [6.45, 7) is 3.73. The fourth-order valence-corrected chi connectivity index (χ4v) is 4.61. The predicted molar refractivity (Wildman–Crippen MR) is 137 cm³/mol. The first-order chi connectivity index (χ1) is 20.3. The van der Waals surface area contributed by atoms with Gasteiger partial charge in [0.05, 0.1) is 37.2 Å². The number of hydrogen-bond donors (Lipinski definition) is 4. The van der Waals surface area contributed by atoms with Gasteiger partial charge in [0, 0.05) is 17.5 Å². The molecule has 2 aromatic rings. The third-order valence-electron chi connectivity index (χ3n) is 7.30. The monoisotopic (exact) mass is 610 g/mol. The van der Waals surface area contributed by atoms with Crippen LogP contribution in [0.3, 0.4) is 0 Å². The maximum Gasteiger partial charge on any atom is 0.348 e. The minimum absolute atomic E-state index is 0.0439. The first-order valence-electron chi connectivity index (χ1n) is 13.2. The van der Waals surface area contributed by atoms with E-state index in [-0.39, 0.29) is 18.9 Å². The molecule has 2 amide bonds. The molecule has 0 bridgehead atoms. The van der Waals surface area contributed by atoms with Crippen molar-refractivity contribution in [3.05, 3.63) is 52.9 Å². The van der Waals surface area contributed by atoms with Crippen LogP contribution in [0.5, 0.6) is 5.75 Å². The molecule has 6 atom stereocenters. The molecule has 232 valence electrons. The maximum absolute atomic E-state index is 14.8. The summed E-state index contributed by atoms with van der Waals surface area (Å²) in [4.78, 5) is 59.8. The quantitative estimate of drug-likeness (QED) is 0.268. The topological polar surface area (TPSA) is 186 Å². The lowest BCUT2D eigenvalue weighted by atomic mass is 9.91. The first-order valence-corrected chi connectivity index (χ1v) is 13.2. The van der Waals surface area contributed by atoms with Crippen LogP contribution in [0.15, 0.2) is 18.3 Å². The molecule has 43 heavy (non-hydrogen) atoms. The Morgan fingerprint density at radius 2 is 1.81 bits per heavy atom. The van der Waals surface area contributed by atoms with E-state index in [2.05, 4.69) is 20.6 Å². The lowest BCUT2D eigenvalue weighted by Crippen LogP contribution is -2.60. The molecule has 2 aromatic heterocycles. The van der Waals surface area contributed by atoms with Crippen LogP contribution in [0.2, 0.25) is 0 Å². The SMILES string of the molecule is Cc1nc(F)c(F)c(F)c1C[C@@H]1NC(=O)[C@@H](NC(=O)c2ncccc2O)[C@@H](C)OC(=O)C(C2COC2)OC(=O)[C@H](C)[C@@H]1O. The third-order valence-corrected chi connectivity index (χ3v) is 7.30. The molecule has 2 fully saturated rings. The Kier molecular flexibility index (Phi) is 9.49. The fraction of sp³-hybridized carbons (Fsp3) is 0.481. The van der Waals surface area contributed by atoms with E-state index in [1.54, 1.807) is 0 Å². The molecule has 0 radical (unpaired) electrons. The Bertz CT molecular complexity index is 1420. The van der Waals surface area contributed by atoms with Crippen molar-refractivity contribution in [2.24, 2.45) is 11.8 Å². The smallest absolute Gasteiger partial charge is 0.348 e. The molecule has 1 unspecified atom stereocenters. The second-order valence-corrected chi connectivity index (χ2v) is 10.3. The van der Waals surface area contributed by atoms with Gasteiger partial charge in [0.15, 0.2) is 11.5 Å². The molecule has 2 aliphatic heterocycles. The molecule has 13 nitrogen and oxygen atoms in total. The molecule has 0 aromatic carbocycles. The number of pyridine rings is 2. The number of aromatic nitrogens is 2. The summed E-state index contributed by atoms with van der Waals surface area (Å²) >= 11 is 0. The number of carbonyl (C=O) groups excluding carboxylic acids is 4. The third kappa shape index (κ3) is 6.69. The summed E-state index contributed by atoms with van der Waals surface area (Å²) in [5.74, 6) is -12.0. The van der Waals surface area contributed by atoms with Crippen molar-refractivity contribution in [1.29, 1.82) is 0 Å². The van der Waals surface area contributed by atoms with Gasteiger partial charge in [-0.3, -0.25) is 14.4 Å². The van der Waals surface area contributed by atoms with Gasteiger partial charge in [0.1, 0.15) is 17.9 Å². The molecule has 4 rings (SSSR count). The number of ether oxygens (including phenoxy) is 3. The van der Waals surface area contributed by atoms with Gasteiger partial charge in [-0.2, -0.15) is 8.78 Å². The van der Waals surface area contributed by atoms with Crippen LogP contribution < -0.4 is 10.6 Å². The molecule has 0 saturated carbocycles. The molecule has 0 spiro atoms. The molecule has 2 saturated heterocycles. The minimum Gasteiger partial charge on any atom is -0.505 e. The van der Waals surface area contributed by atoms with E-state index in [0.29, 0.717) is 0 Å². The van der Waals surface area contributed by atoms with Crippen molar-refractivity contribution in [2.75, 3.05) is 13.2 Å². The van der Waals surface area contributed by atoms with Crippen LogP contribution >= 0.6 is 0 Å². The second kappa shape index (κ2) is 12.9. The number of carbonyl (C=O) groups is 4. The van der Waals surface area contributed by atoms with Gasteiger partial charge in [-0.05, 0) is 39.3 Å². The van der Waals surface area contributed by atoms with Gasteiger partial charge in [-0.15, -0.1) is 0 Å². The van der Waals surface area contributed by atoms with E-state index >= 15 is 0 Å². The van der Waals surface area contributed by atoms with Gasteiger partial charge >= 0.3 is 11.9 Å². The molecule has 2 aliphatic rings. The predicted octanol–water partition coefficient (Wildman–Crippen LogP) is 0.234. The maximum atomic E-state index is 14.8. The molecular formula is C27H29F3N4O9. The minimum atomic E-state index is -1.88. The standard InChI is InChI=1S/C27H29F3N4O9/c1-10-21(36)15(7-14-11(2)32-23(30)18(29)17(14)28)33-24(37)19(34-25(38)20-16(35)5-4-6-31-20)12(3)42-27(40)22(43-26(10)39)13-8-41-9-13/h4-6,10,12-13,15,19,21-22,35-36H,7-9H2,1-3H3,(H,33,37)(H,34,38)/t10-,12-,15+,19+,21+,22?/m1/s1. The van der Waals surface area contributed by atoms with Crippen LogP contribution in [-0.2, 0) is 35.0 Å². The van der Waals surface area contributed by atoms with Crippen LogP contribution in [0, 0.1) is 36.3 Å². The number of nitrogens with one attached hydrogen (secondary N) is 2. The number of hydrogen-bond acceptors (Lipinski definition) is 11. The van der Waals surface area contributed by atoms with Crippen molar-refractivity contribution in [1.82, 2.24) is 20.6 Å². The van der Waals surface area contributed by atoms with Crippen molar-refractivity contribution >= 4 is 23.8 Å². The Hall–Kier alpha value is -4.31. The van der Waals surface area contributed by atoms with Crippen LogP contribution in [0.4, 0.5) is 13.2 Å². The summed E-state index contributed by atoms with van der Waals surface area (Å²) in [6.07, 6.45) is -4.24. The van der Waals surface area contributed by atoms with Crippen LogP contribution in [0.25, 0.3) is 0 Å². The van der Waals surface area contributed by atoms with E-state index in [4.69, 9.17) is 14.2 Å². The van der Waals surface area contributed by atoms with Crippen molar-refractivity contribution in [2.45, 2.75) is 57.6 Å². The highest BCUT2D eigenvalue weighted by Crippen LogP contribution is 2.25. The highest BCUT2D eigenvalue weighted by Gasteiger charge is 2.44. The van der Waals surface area contributed by atoms with Gasteiger partial charge in [-0.1, -0.05) is 0 Å². The molecule has 0 aliphatic carbocycles. The highest BCUT2D eigenvalue weighted by atomic mass is 19.2. The van der Waals surface area contributed by atoms with E-state index in [1.165, 1.54) is 39.1 Å². The van der Waals surface area contributed by atoms with Gasteiger partial charge in [0.2, 0.25) is 17.8 Å². The van der Waals surface area contributed by atoms with Crippen molar-refractivity contribution in [3.63, 3.8) is 0 Å². The zero-order chi connectivity index (χ0) is 31.6. The number of amides is 2. The fourth-order valence-electron chi connectivity index (χ4n) is 4.61. The molecule has 4 heterocycles. The number of aliphatic hydroxyl groups excluding tert-OH is 1. The number of aromatic hydroxyl groups is 1. The number of halogens is 3. The number of aliphatic hydroxyl groups is 1. The average molecular weight is 611 g/mol. The number of nitrogens with zero attached hydrogens (tertiary/aromatic N) is 2. The Morgan fingerprint density at radius 1 is 1.12 bits per heavy atom. The van der Waals surface area contributed by atoms with Crippen LogP contribution in [0.1, 0.15) is 35.6 Å². The summed E-state index contributed by atoms with van der Waals surface area (Å²) in [5, 5.41) is 25.9. The normalized spacial score (nSPS) is 27.1. The molecule has 4 N–H and O–H groups in total. The molecule has 16 heteroatoms. The second-order valence-electron chi connectivity index (χ2n) is 10.3. The van der Waals surface area contributed by atoms with E-state index in [1.807, 2.05) is 0 Å². The number of esters is 2. The number of rotatable bonds is 5. The van der Waals surface area contributed by atoms with Crippen LogP contribution in [-0.4, -0.2) is 87.5 Å². The Labute approximate surface area is 242 Å². The zero-order valence-electron chi connectivity index (χ0n) is 23.2. The van der Waals surface area contributed by atoms with E-state index < -0.39 is 107 Å². The number of cyclic esters (lactones) is 2. The van der Waals surface area contributed by atoms with Crippen molar-refractivity contribution in [3.8, 4) is 5.75 Å². The van der Waals surface area contributed by atoms with Crippen molar-refractivity contribution < 1.29 is 56.8 Å². The number of aryl methyl sites for hydroxylation is 1. The van der Waals surface area contributed by atoms with Gasteiger partial charge in [0.25, 0.3) is 11.9 Å². The lowest BCUT2D eigenvalue weighted by molar-refractivity contribution is -0.192. The zero-order valence-corrected chi connectivity index (χ0v) is 23.2. The van der Waals surface area contributed by atoms with Gasteiger partial charge in [-0.25, -0.2) is 19.2 Å². The Morgan fingerprint density at radius 3 is 2.44 bits per heavy atom. The van der Waals surface area contributed by atoms with Gasteiger partial charge < -0.3 is 35.1 Å². The van der Waals surface area contributed by atoms with E-state index in [0.717, 1.165) is 0 Å². The summed E-state index contributed by atoms with van der Waals surface area (Å²) in [5.41, 5.74) is -1.25. The molecular weight excluding hydrogens is 581 g/mol.